The quantitative estimate of drug-likeness (QED) is 0.822. The molecule has 0 amide bonds. The molecule has 1 heterocycles. The third-order valence-corrected chi connectivity index (χ3v) is 5.55. The van der Waals surface area contributed by atoms with Crippen LogP contribution < -0.4 is 0 Å². The van der Waals surface area contributed by atoms with Crippen molar-refractivity contribution in [3.05, 3.63) is 0 Å². The van der Waals surface area contributed by atoms with Gasteiger partial charge in [-0.1, -0.05) is 20.8 Å². The fraction of sp³-hybridized carbons (Fsp3) is 1.00. The van der Waals surface area contributed by atoms with Crippen LogP contribution >= 0.6 is 0 Å². The number of β-amino-alcohol motifs (C(OH)–C–C–N with tert-alkyl or cyclic N) is 1. The molecule has 0 aromatic carbocycles. The molecule has 1 rings (SSSR count). The Morgan fingerprint density at radius 1 is 1.28 bits per heavy atom. The Morgan fingerprint density at radius 2 is 1.89 bits per heavy atom. The average Bonchev–Trinajstić information content (AvgIpc) is 2.39. The van der Waals surface area contributed by atoms with Gasteiger partial charge >= 0.3 is 0 Å². The van der Waals surface area contributed by atoms with Crippen molar-refractivity contribution in [3.63, 3.8) is 0 Å². The first-order chi connectivity index (χ1) is 8.39. The summed E-state index contributed by atoms with van der Waals surface area (Å²) in [6.45, 7) is 12.4. The first-order valence-electron chi connectivity index (χ1n) is 7.31. The van der Waals surface area contributed by atoms with Crippen molar-refractivity contribution in [2.75, 3.05) is 20.3 Å². The molecule has 18 heavy (non-hydrogen) atoms. The Balaban J connectivity index is 3.15. The van der Waals surface area contributed by atoms with E-state index in [1.807, 2.05) is 7.11 Å². The summed E-state index contributed by atoms with van der Waals surface area (Å²) in [6, 6.07) is 0. The van der Waals surface area contributed by atoms with E-state index in [0.29, 0.717) is 12.0 Å². The van der Waals surface area contributed by atoms with E-state index in [-0.39, 0.29) is 17.7 Å². The van der Waals surface area contributed by atoms with Crippen molar-refractivity contribution in [2.24, 2.45) is 5.92 Å². The van der Waals surface area contributed by atoms with Gasteiger partial charge in [0.2, 0.25) is 0 Å². The highest BCUT2D eigenvalue weighted by Crippen LogP contribution is 2.46. The predicted molar refractivity (Wildman–Crippen MR) is 75.8 cm³/mol. The lowest BCUT2D eigenvalue weighted by molar-refractivity contribution is -0.149. The first kappa shape index (κ1) is 15.9. The van der Waals surface area contributed by atoms with Crippen LogP contribution in [0.5, 0.6) is 0 Å². The zero-order chi connectivity index (χ0) is 14.0. The molecule has 4 unspecified atom stereocenters. The van der Waals surface area contributed by atoms with E-state index >= 15 is 0 Å². The molecule has 1 N–H and O–H groups in total. The Hall–Kier alpha value is -0.120. The first-order valence-corrected chi connectivity index (χ1v) is 7.31. The minimum absolute atomic E-state index is 0.104. The Bertz CT molecular complexity index is 271. The summed E-state index contributed by atoms with van der Waals surface area (Å²) in [4.78, 5) is 2.53. The molecule has 0 radical (unpaired) electrons. The van der Waals surface area contributed by atoms with Gasteiger partial charge in [-0.15, -0.1) is 0 Å². The minimum Gasteiger partial charge on any atom is -0.395 e. The molecular formula is C15H31NO2. The molecular weight excluding hydrogens is 226 g/mol. The second-order valence-electron chi connectivity index (χ2n) is 6.20. The number of aliphatic hydroxyl groups is 1. The maximum absolute atomic E-state index is 9.41. The van der Waals surface area contributed by atoms with Crippen molar-refractivity contribution in [2.45, 2.75) is 71.1 Å². The van der Waals surface area contributed by atoms with Gasteiger partial charge in [0.25, 0.3) is 0 Å². The van der Waals surface area contributed by atoms with Crippen LogP contribution in [0.4, 0.5) is 0 Å². The predicted octanol–water partition coefficient (Wildman–Crippen LogP) is 2.67. The SMILES string of the molecule is CCC1(C)CC(OC)C(C)C(C)(CC)N1CCO. The molecule has 3 heteroatoms. The van der Waals surface area contributed by atoms with Gasteiger partial charge in [0.15, 0.2) is 0 Å². The Labute approximate surface area is 113 Å². The van der Waals surface area contributed by atoms with Crippen molar-refractivity contribution >= 4 is 0 Å². The Morgan fingerprint density at radius 3 is 2.28 bits per heavy atom. The number of likely N-dealkylation sites (tertiary alicyclic amines) is 1. The fourth-order valence-electron chi connectivity index (χ4n) is 3.74. The molecule has 0 aromatic heterocycles. The van der Waals surface area contributed by atoms with Gasteiger partial charge in [0.1, 0.15) is 0 Å². The number of piperidine rings is 1. The van der Waals surface area contributed by atoms with E-state index in [1.54, 1.807) is 0 Å². The zero-order valence-corrected chi connectivity index (χ0v) is 13.0. The van der Waals surface area contributed by atoms with Crippen molar-refractivity contribution in [3.8, 4) is 0 Å². The van der Waals surface area contributed by atoms with Crippen molar-refractivity contribution < 1.29 is 9.84 Å². The Kier molecular flexibility index (Phi) is 5.22. The molecule has 3 nitrogen and oxygen atoms in total. The standard InChI is InChI=1S/C15H31NO2/c1-7-14(4)11-13(18-6)12(3)15(5,8-2)16(14)9-10-17/h12-13,17H,7-11H2,1-6H3. The van der Waals surface area contributed by atoms with Gasteiger partial charge < -0.3 is 9.84 Å². The minimum atomic E-state index is 0.104. The molecule has 1 aliphatic heterocycles. The van der Waals surface area contributed by atoms with E-state index in [2.05, 4.69) is 39.5 Å². The van der Waals surface area contributed by atoms with Gasteiger partial charge in [-0.3, -0.25) is 4.90 Å². The fourth-order valence-corrected chi connectivity index (χ4v) is 3.74. The smallest absolute Gasteiger partial charge is 0.0631 e. The van der Waals surface area contributed by atoms with Crippen LogP contribution in [0, 0.1) is 5.92 Å². The van der Waals surface area contributed by atoms with Crippen LogP contribution in [0.25, 0.3) is 0 Å². The molecule has 0 bridgehead atoms. The van der Waals surface area contributed by atoms with Crippen LogP contribution in [0.15, 0.2) is 0 Å². The van der Waals surface area contributed by atoms with Gasteiger partial charge in [-0.05, 0) is 33.1 Å². The second-order valence-corrected chi connectivity index (χ2v) is 6.20. The van der Waals surface area contributed by atoms with Crippen LogP contribution in [0.1, 0.15) is 53.9 Å². The zero-order valence-electron chi connectivity index (χ0n) is 13.0. The molecule has 4 atom stereocenters. The van der Waals surface area contributed by atoms with Crippen molar-refractivity contribution in [1.29, 1.82) is 0 Å². The van der Waals surface area contributed by atoms with Crippen molar-refractivity contribution in [1.82, 2.24) is 4.90 Å². The monoisotopic (exact) mass is 257 g/mol. The highest BCUT2D eigenvalue weighted by Gasteiger charge is 2.52. The summed E-state index contributed by atoms with van der Waals surface area (Å²) in [5.41, 5.74) is 0.229. The maximum atomic E-state index is 9.41. The van der Waals surface area contributed by atoms with Crippen LogP contribution in [-0.2, 0) is 4.74 Å². The number of hydrogen-bond donors (Lipinski definition) is 1. The average molecular weight is 257 g/mol. The summed E-state index contributed by atoms with van der Waals surface area (Å²) in [5, 5.41) is 9.41. The molecule has 0 saturated carbocycles. The molecule has 1 aliphatic rings. The number of methoxy groups -OCH3 is 1. The lowest BCUT2D eigenvalue weighted by Crippen LogP contribution is -2.68. The van der Waals surface area contributed by atoms with Crippen LogP contribution in [0.3, 0.4) is 0 Å². The van der Waals surface area contributed by atoms with Crippen LogP contribution in [-0.4, -0.2) is 47.4 Å². The lowest BCUT2D eigenvalue weighted by Gasteiger charge is -2.60. The molecule has 0 spiro atoms. The lowest BCUT2D eigenvalue weighted by atomic mass is 9.68. The van der Waals surface area contributed by atoms with Gasteiger partial charge in [0.05, 0.1) is 12.7 Å². The highest BCUT2D eigenvalue weighted by molar-refractivity contribution is 5.06. The third kappa shape index (κ3) is 2.45. The van der Waals surface area contributed by atoms with E-state index in [0.717, 1.165) is 25.8 Å². The largest absolute Gasteiger partial charge is 0.395 e. The molecule has 1 fully saturated rings. The summed E-state index contributed by atoms with van der Waals surface area (Å²) in [7, 11) is 1.83. The normalized spacial score (nSPS) is 42.2. The second kappa shape index (κ2) is 5.89. The molecule has 1 saturated heterocycles. The van der Waals surface area contributed by atoms with E-state index in [9.17, 15) is 5.11 Å². The summed E-state index contributed by atoms with van der Waals surface area (Å²) in [5.74, 6) is 0.485. The molecule has 0 aliphatic carbocycles. The topological polar surface area (TPSA) is 32.7 Å². The number of rotatable bonds is 5. The number of hydrogen-bond acceptors (Lipinski definition) is 3. The number of nitrogens with zero attached hydrogens (tertiary/aromatic N) is 1. The summed E-state index contributed by atoms with van der Waals surface area (Å²) >= 11 is 0. The van der Waals surface area contributed by atoms with E-state index < -0.39 is 0 Å². The van der Waals surface area contributed by atoms with Gasteiger partial charge in [0, 0.05) is 30.7 Å². The van der Waals surface area contributed by atoms with E-state index in [4.69, 9.17) is 4.74 Å². The van der Waals surface area contributed by atoms with Crippen LogP contribution in [0.2, 0.25) is 0 Å². The van der Waals surface area contributed by atoms with E-state index in [1.165, 1.54) is 0 Å². The third-order valence-electron chi connectivity index (χ3n) is 5.55. The summed E-state index contributed by atoms with van der Waals surface area (Å²) < 4.78 is 5.74. The molecule has 0 aromatic rings. The number of ether oxygens (including phenoxy) is 1. The molecule has 108 valence electrons. The van der Waals surface area contributed by atoms with Gasteiger partial charge in [-0.25, -0.2) is 0 Å². The summed E-state index contributed by atoms with van der Waals surface area (Å²) in [6.07, 6.45) is 3.55. The maximum Gasteiger partial charge on any atom is 0.0631 e. The highest BCUT2D eigenvalue weighted by atomic mass is 16.5. The number of aliphatic hydroxyl groups excluding tert-OH is 1. The van der Waals surface area contributed by atoms with Gasteiger partial charge in [-0.2, -0.15) is 0 Å².